The molecule has 9 aromatic rings. The Morgan fingerprint density at radius 3 is 1.29 bits per heavy atom. The van der Waals surface area contributed by atoms with E-state index in [0.29, 0.717) is 0 Å². The number of rotatable bonds is 5. The van der Waals surface area contributed by atoms with Crippen LogP contribution in [0, 0.1) is 0 Å². The van der Waals surface area contributed by atoms with Gasteiger partial charge in [-0.05, 0) is 94.0 Å². The summed E-state index contributed by atoms with van der Waals surface area (Å²) in [5.74, 6) is 0. The van der Waals surface area contributed by atoms with Crippen LogP contribution >= 0.6 is 0 Å². The fourth-order valence-electron chi connectivity index (χ4n) is 7.56. The first kappa shape index (κ1) is 28.0. The minimum Gasteiger partial charge on any atom is -0.0622 e. The Hall–Kier alpha value is -6.24. The number of benzene rings is 9. The van der Waals surface area contributed by atoms with E-state index in [-0.39, 0.29) is 0 Å². The molecule has 0 radical (unpaired) electrons. The van der Waals surface area contributed by atoms with Gasteiger partial charge in [0.1, 0.15) is 0 Å². The summed E-state index contributed by atoms with van der Waals surface area (Å²) in [7, 11) is 0. The average Bonchev–Trinajstić information content (AvgIpc) is 3.17. The highest BCUT2D eigenvalue weighted by atomic mass is 14.2. The minimum atomic E-state index is 1.21. The van der Waals surface area contributed by atoms with E-state index in [2.05, 4.69) is 194 Å². The molecule has 0 fully saturated rings. The smallest absolute Gasteiger partial charge is 0.00261 e. The Morgan fingerprint density at radius 2 is 0.646 bits per heavy atom. The van der Waals surface area contributed by atoms with E-state index in [1.165, 1.54) is 88.0 Å². The molecular weight excluding hydrogens is 577 g/mol. The third kappa shape index (κ3) is 4.70. The Labute approximate surface area is 281 Å². The zero-order valence-corrected chi connectivity index (χ0v) is 26.5. The maximum atomic E-state index is 2.44. The average molecular weight is 609 g/mol. The Balaban J connectivity index is 1.38. The van der Waals surface area contributed by atoms with Crippen LogP contribution in [0.15, 0.2) is 194 Å². The highest BCUT2D eigenvalue weighted by Crippen LogP contribution is 2.47. The van der Waals surface area contributed by atoms with Crippen LogP contribution in [-0.2, 0) is 0 Å². The summed E-state index contributed by atoms with van der Waals surface area (Å²) in [4.78, 5) is 0. The van der Waals surface area contributed by atoms with Gasteiger partial charge in [-0.15, -0.1) is 0 Å². The van der Waals surface area contributed by atoms with Crippen LogP contribution in [0.2, 0.25) is 0 Å². The molecule has 0 aliphatic carbocycles. The van der Waals surface area contributed by atoms with Crippen molar-refractivity contribution in [3.8, 4) is 55.6 Å². The molecule has 0 amide bonds. The largest absolute Gasteiger partial charge is 0.0622 e. The second-order valence-corrected chi connectivity index (χ2v) is 12.4. The molecule has 0 aromatic heterocycles. The quantitative estimate of drug-likeness (QED) is 0.171. The van der Waals surface area contributed by atoms with E-state index in [1.54, 1.807) is 0 Å². The summed E-state index contributed by atoms with van der Waals surface area (Å²) >= 11 is 0. The van der Waals surface area contributed by atoms with Gasteiger partial charge in [-0.1, -0.05) is 188 Å². The summed E-state index contributed by atoms with van der Waals surface area (Å²) in [6.07, 6.45) is 0. The normalized spacial score (nSPS) is 11.3. The molecule has 224 valence electrons. The summed E-state index contributed by atoms with van der Waals surface area (Å²) in [5, 5.41) is 7.55. The summed E-state index contributed by atoms with van der Waals surface area (Å²) in [6, 6.07) is 70.7. The van der Waals surface area contributed by atoms with E-state index in [4.69, 9.17) is 0 Å². The Bertz CT molecular complexity index is 2530. The zero-order chi connectivity index (χ0) is 31.9. The van der Waals surface area contributed by atoms with Gasteiger partial charge >= 0.3 is 0 Å². The van der Waals surface area contributed by atoms with Crippen LogP contribution in [0.1, 0.15) is 0 Å². The molecule has 0 aliphatic rings. The maximum absolute atomic E-state index is 2.44. The molecule has 0 saturated carbocycles. The second-order valence-electron chi connectivity index (χ2n) is 12.4. The molecule has 0 heterocycles. The Morgan fingerprint density at radius 1 is 0.208 bits per heavy atom. The summed E-state index contributed by atoms with van der Waals surface area (Å²) in [5.41, 5.74) is 12.4. The van der Waals surface area contributed by atoms with Crippen molar-refractivity contribution in [1.29, 1.82) is 0 Å². The predicted octanol–water partition coefficient (Wildman–Crippen LogP) is 13.5. The number of hydrogen-bond acceptors (Lipinski definition) is 0. The van der Waals surface area contributed by atoms with Gasteiger partial charge in [-0.2, -0.15) is 0 Å². The number of hydrogen-bond donors (Lipinski definition) is 0. The van der Waals surface area contributed by atoms with E-state index < -0.39 is 0 Å². The molecule has 0 nitrogen and oxygen atoms in total. The molecule has 0 spiro atoms. The van der Waals surface area contributed by atoms with Crippen molar-refractivity contribution in [1.82, 2.24) is 0 Å². The molecule has 0 aliphatic heterocycles. The first-order chi connectivity index (χ1) is 23.8. The van der Waals surface area contributed by atoms with E-state index in [9.17, 15) is 0 Å². The van der Waals surface area contributed by atoms with Crippen LogP contribution < -0.4 is 0 Å². The van der Waals surface area contributed by atoms with Crippen molar-refractivity contribution >= 4 is 32.3 Å². The second kappa shape index (κ2) is 11.8. The van der Waals surface area contributed by atoms with Gasteiger partial charge in [-0.3, -0.25) is 0 Å². The van der Waals surface area contributed by atoms with Crippen LogP contribution in [0.5, 0.6) is 0 Å². The van der Waals surface area contributed by atoms with Crippen LogP contribution in [0.4, 0.5) is 0 Å². The molecule has 0 saturated heterocycles. The molecule has 0 heteroatoms. The lowest BCUT2D eigenvalue weighted by molar-refractivity contribution is 1.57. The highest BCUT2D eigenvalue weighted by molar-refractivity contribution is 6.21. The van der Waals surface area contributed by atoms with Crippen molar-refractivity contribution in [2.45, 2.75) is 0 Å². The van der Waals surface area contributed by atoms with Gasteiger partial charge in [0.05, 0.1) is 0 Å². The van der Waals surface area contributed by atoms with Crippen molar-refractivity contribution in [2.24, 2.45) is 0 Å². The van der Waals surface area contributed by atoms with Crippen LogP contribution in [0.25, 0.3) is 88.0 Å². The summed E-state index contributed by atoms with van der Waals surface area (Å²) < 4.78 is 0. The molecule has 0 N–H and O–H groups in total. The van der Waals surface area contributed by atoms with Crippen molar-refractivity contribution in [2.75, 3.05) is 0 Å². The molecule has 9 rings (SSSR count). The highest BCUT2D eigenvalue weighted by Gasteiger charge is 2.20. The van der Waals surface area contributed by atoms with Crippen molar-refractivity contribution < 1.29 is 0 Å². The number of fused-ring (bicyclic) bond motifs is 3. The first-order valence-corrected chi connectivity index (χ1v) is 16.6. The predicted molar refractivity (Wildman–Crippen MR) is 206 cm³/mol. The Kier molecular flexibility index (Phi) is 6.91. The van der Waals surface area contributed by atoms with Crippen LogP contribution in [0.3, 0.4) is 0 Å². The zero-order valence-electron chi connectivity index (χ0n) is 26.5. The van der Waals surface area contributed by atoms with Gasteiger partial charge in [0, 0.05) is 0 Å². The lowest BCUT2D eigenvalue weighted by atomic mass is 9.83. The monoisotopic (exact) mass is 608 g/mol. The van der Waals surface area contributed by atoms with Crippen LogP contribution in [-0.4, -0.2) is 0 Å². The first-order valence-electron chi connectivity index (χ1n) is 16.6. The third-order valence-corrected chi connectivity index (χ3v) is 9.68. The lowest BCUT2D eigenvalue weighted by Crippen LogP contribution is -1.94. The third-order valence-electron chi connectivity index (χ3n) is 9.68. The maximum Gasteiger partial charge on any atom is -0.00261 e. The van der Waals surface area contributed by atoms with E-state index in [0.717, 1.165) is 0 Å². The van der Waals surface area contributed by atoms with Gasteiger partial charge in [-0.25, -0.2) is 0 Å². The molecular formula is C48H32. The molecule has 0 unspecified atom stereocenters. The lowest BCUT2D eigenvalue weighted by Gasteiger charge is -2.20. The molecule has 0 bridgehead atoms. The molecule has 9 aromatic carbocycles. The molecule has 48 heavy (non-hydrogen) atoms. The fourth-order valence-corrected chi connectivity index (χ4v) is 7.56. The fraction of sp³-hybridized carbons (Fsp3) is 0. The van der Waals surface area contributed by atoms with E-state index >= 15 is 0 Å². The SMILES string of the molecule is c1ccc(-c2ccccc2-c2cc(-c3c4ccccc4c(-c4ccccc4)c4ccccc34)ccc2-c2cccc3ccccc23)cc1. The van der Waals surface area contributed by atoms with Gasteiger partial charge < -0.3 is 0 Å². The van der Waals surface area contributed by atoms with Gasteiger partial charge in [0.2, 0.25) is 0 Å². The van der Waals surface area contributed by atoms with Gasteiger partial charge in [0.25, 0.3) is 0 Å². The van der Waals surface area contributed by atoms with Crippen molar-refractivity contribution in [3.63, 3.8) is 0 Å². The topological polar surface area (TPSA) is 0 Å². The van der Waals surface area contributed by atoms with Gasteiger partial charge in [0.15, 0.2) is 0 Å². The van der Waals surface area contributed by atoms with Crippen molar-refractivity contribution in [3.05, 3.63) is 194 Å². The standard InChI is InChI=1S/C48H32/c1-3-16-33(17-4-1)38-23-9-10-24-40(38)46-32-36(30-31-41(46)39-29-15-21-34-18-7-8-22-37(34)39)48-44-27-13-11-25-42(44)47(35-19-5-2-6-20-35)43-26-12-14-28-45(43)48/h1-32H. The van der Waals surface area contributed by atoms with E-state index in [1.807, 2.05) is 0 Å². The molecule has 0 atom stereocenters. The summed E-state index contributed by atoms with van der Waals surface area (Å²) in [6.45, 7) is 0. The minimum absolute atomic E-state index is 1.21.